The molecule has 210 valence electrons. The molecule has 0 aromatic heterocycles. The number of hydrogen-bond donors (Lipinski definition) is 2. The Hall–Kier alpha value is -4.63. The van der Waals surface area contributed by atoms with Gasteiger partial charge in [-0.15, -0.1) is 0 Å². The van der Waals surface area contributed by atoms with Gasteiger partial charge in [-0.1, -0.05) is 72.3 Å². The van der Waals surface area contributed by atoms with Crippen LogP contribution < -0.4 is 19.7 Å². The van der Waals surface area contributed by atoms with Gasteiger partial charge in [0, 0.05) is 18.7 Å². The lowest BCUT2D eigenvalue weighted by atomic mass is 10.1. The molecule has 1 atom stereocenters. The van der Waals surface area contributed by atoms with E-state index in [1.54, 1.807) is 47.4 Å². The summed E-state index contributed by atoms with van der Waals surface area (Å²) in [7, 11) is -3.74. The van der Waals surface area contributed by atoms with Crippen molar-refractivity contribution >= 4 is 33.2 Å². The van der Waals surface area contributed by atoms with Crippen LogP contribution in [-0.4, -0.2) is 32.9 Å². The zero-order chi connectivity index (χ0) is 28.8. The third-order valence-electron chi connectivity index (χ3n) is 6.84. The number of anilines is 2. The summed E-state index contributed by atoms with van der Waals surface area (Å²) in [5.41, 5.74) is 3.94. The van der Waals surface area contributed by atoms with Crippen LogP contribution in [0.4, 0.5) is 11.4 Å². The molecule has 4 aromatic carbocycles. The third-order valence-corrected chi connectivity index (χ3v) is 8.24. The van der Waals surface area contributed by atoms with Crippen LogP contribution >= 0.6 is 0 Å². The van der Waals surface area contributed by atoms with Crippen LogP contribution in [0.15, 0.2) is 108 Å². The lowest BCUT2D eigenvalue weighted by Gasteiger charge is -2.34. The number of amides is 2. The Labute approximate surface area is 240 Å². The van der Waals surface area contributed by atoms with E-state index in [2.05, 4.69) is 10.0 Å². The Morgan fingerprint density at radius 2 is 1.54 bits per heavy atom. The number of aryl methyl sites for hydroxylation is 2. The second-order valence-electron chi connectivity index (χ2n) is 9.90. The zero-order valence-corrected chi connectivity index (χ0v) is 23.4. The van der Waals surface area contributed by atoms with Crippen LogP contribution in [0.1, 0.15) is 23.1 Å². The molecule has 0 bridgehead atoms. The Bertz CT molecular complexity index is 1620. The van der Waals surface area contributed by atoms with Crippen molar-refractivity contribution in [1.29, 1.82) is 0 Å². The summed E-state index contributed by atoms with van der Waals surface area (Å²) < 4.78 is 34.1. The molecule has 5 rings (SSSR count). The Kier molecular flexibility index (Phi) is 8.35. The van der Waals surface area contributed by atoms with Crippen molar-refractivity contribution in [2.75, 3.05) is 16.2 Å². The van der Waals surface area contributed by atoms with E-state index in [-0.39, 0.29) is 29.7 Å². The van der Waals surface area contributed by atoms with Gasteiger partial charge in [0.25, 0.3) is 15.9 Å². The predicted molar refractivity (Wildman–Crippen MR) is 158 cm³/mol. The minimum Gasteiger partial charge on any atom is -0.477 e. The maximum Gasteiger partial charge on any atom is 0.263 e. The summed E-state index contributed by atoms with van der Waals surface area (Å²) in [6.07, 6.45) is -0.252. The number of fused-ring (bicyclic) bond motifs is 1. The number of para-hydroxylation sites is 2. The Morgan fingerprint density at radius 3 is 2.27 bits per heavy atom. The number of rotatable bonds is 9. The second kappa shape index (κ2) is 12.3. The van der Waals surface area contributed by atoms with E-state index in [1.807, 2.05) is 55.5 Å². The fourth-order valence-corrected chi connectivity index (χ4v) is 5.62. The molecule has 2 amide bonds. The molecule has 1 heterocycles. The number of nitrogens with one attached hydrogen (secondary N) is 2. The molecule has 4 aromatic rings. The number of carbonyl (C=O) groups excluding carboxylic acids is 2. The monoisotopic (exact) mass is 569 g/mol. The van der Waals surface area contributed by atoms with Gasteiger partial charge in [-0.25, -0.2) is 8.42 Å². The van der Waals surface area contributed by atoms with E-state index < -0.39 is 16.1 Å². The summed E-state index contributed by atoms with van der Waals surface area (Å²) in [6.45, 7) is 2.39. The van der Waals surface area contributed by atoms with Gasteiger partial charge in [0.15, 0.2) is 6.10 Å². The van der Waals surface area contributed by atoms with E-state index in [0.29, 0.717) is 30.1 Å². The van der Waals surface area contributed by atoms with Gasteiger partial charge in [-0.3, -0.25) is 14.3 Å². The summed E-state index contributed by atoms with van der Waals surface area (Å²) in [6, 6.07) is 30.3. The zero-order valence-electron chi connectivity index (χ0n) is 22.6. The summed E-state index contributed by atoms with van der Waals surface area (Å²) in [4.78, 5) is 28.0. The van der Waals surface area contributed by atoms with Gasteiger partial charge in [0.05, 0.1) is 17.1 Å². The predicted octanol–water partition coefficient (Wildman–Crippen LogP) is 4.84. The minimum absolute atomic E-state index is 0.0956. The lowest BCUT2D eigenvalue weighted by Crippen LogP contribution is -2.50. The molecule has 0 saturated heterocycles. The number of sulfonamides is 1. The van der Waals surface area contributed by atoms with E-state index in [9.17, 15) is 18.0 Å². The van der Waals surface area contributed by atoms with Crippen LogP contribution in [0.3, 0.4) is 0 Å². The van der Waals surface area contributed by atoms with Crippen LogP contribution in [0.2, 0.25) is 0 Å². The van der Waals surface area contributed by atoms with Gasteiger partial charge in [0.1, 0.15) is 5.75 Å². The average molecular weight is 570 g/mol. The highest BCUT2D eigenvalue weighted by molar-refractivity contribution is 7.92. The maximum absolute atomic E-state index is 13.4. The van der Waals surface area contributed by atoms with Crippen molar-refractivity contribution in [2.24, 2.45) is 0 Å². The van der Waals surface area contributed by atoms with Crippen molar-refractivity contribution in [2.45, 2.75) is 37.3 Å². The molecular formula is C32H31N3O5S. The molecule has 41 heavy (non-hydrogen) atoms. The molecule has 1 aliphatic rings. The first-order valence-electron chi connectivity index (χ1n) is 13.3. The van der Waals surface area contributed by atoms with Crippen LogP contribution in [0.5, 0.6) is 5.75 Å². The molecule has 0 spiro atoms. The standard InChI is InChI=1S/C32H31N3O5S/c1-23-11-16-26(17-12-23)34-41(38,39)27-18-13-24(14-19-27)15-20-31(36)35-22-30(40-29-10-6-5-9-28(29)35)32(37)33-21-25-7-3-2-4-8-25/h2-14,16-19,30,34H,15,20-22H2,1H3,(H,33,37)/t30-/m0/s1. The topological polar surface area (TPSA) is 105 Å². The van der Waals surface area contributed by atoms with Crippen molar-refractivity contribution in [3.63, 3.8) is 0 Å². The maximum atomic E-state index is 13.4. The first kappa shape index (κ1) is 27.9. The quantitative estimate of drug-likeness (QED) is 0.300. The molecule has 9 heteroatoms. The van der Waals surface area contributed by atoms with Gasteiger partial charge in [-0.05, 0) is 60.9 Å². The molecular weight excluding hydrogens is 538 g/mol. The second-order valence-corrected chi connectivity index (χ2v) is 11.6. The summed E-state index contributed by atoms with van der Waals surface area (Å²) in [5.74, 6) is 0.0270. The molecule has 0 fully saturated rings. The van der Waals surface area contributed by atoms with Crippen molar-refractivity contribution < 1.29 is 22.7 Å². The highest BCUT2D eigenvalue weighted by atomic mass is 32.2. The smallest absolute Gasteiger partial charge is 0.263 e. The molecule has 0 radical (unpaired) electrons. The number of hydrogen-bond acceptors (Lipinski definition) is 5. The normalized spacial score (nSPS) is 14.5. The number of ether oxygens (including phenoxy) is 1. The Balaban J connectivity index is 1.21. The highest BCUT2D eigenvalue weighted by Crippen LogP contribution is 2.33. The first-order valence-corrected chi connectivity index (χ1v) is 14.8. The highest BCUT2D eigenvalue weighted by Gasteiger charge is 2.33. The largest absolute Gasteiger partial charge is 0.477 e. The number of benzene rings is 4. The fourth-order valence-electron chi connectivity index (χ4n) is 4.56. The molecule has 1 aliphatic heterocycles. The average Bonchev–Trinajstić information content (AvgIpc) is 3.00. The van der Waals surface area contributed by atoms with Crippen LogP contribution in [-0.2, 0) is 32.6 Å². The van der Waals surface area contributed by atoms with E-state index >= 15 is 0 Å². The lowest BCUT2D eigenvalue weighted by molar-refractivity contribution is -0.128. The van der Waals surface area contributed by atoms with Crippen molar-refractivity contribution in [3.8, 4) is 5.75 Å². The van der Waals surface area contributed by atoms with Crippen LogP contribution in [0, 0.1) is 6.92 Å². The number of carbonyl (C=O) groups is 2. The van der Waals surface area contributed by atoms with Gasteiger partial charge in [-0.2, -0.15) is 0 Å². The van der Waals surface area contributed by atoms with Crippen LogP contribution in [0.25, 0.3) is 0 Å². The van der Waals surface area contributed by atoms with E-state index in [0.717, 1.165) is 16.7 Å². The van der Waals surface area contributed by atoms with Gasteiger partial charge in [0.2, 0.25) is 5.91 Å². The number of nitrogens with zero attached hydrogens (tertiary/aromatic N) is 1. The third kappa shape index (κ3) is 6.93. The molecule has 0 aliphatic carbocycles. The van der Waals surface area contributed by atoms with Gasteiger partial charge >= 0.3 is 0 Å². The minimum atomic E-state index is -3.74. The van der Waals surface area contributed by atoms with E-state index in [1.165, 1.54) is 12.1 Å². The fraction of sp³-hybridized carbons (Fsp3) is 0.188. The molecule has 8 nitrogen and oxygen atoms in total. The van der Waals surface area contributed by atoms with Crippen molar-refractivity contribution in [1.82, 2.24) is 5.32 Å². The Morgan fingerprint density at radius 1 is 0.854 bits per heavy atom. The molecule has 0 unspecified atom stereocenters. The molecule has 2 N–H and O–H groups in total. The summed E-state index contributed by atoms with van der Waals surface area (Å²) in [5, 5.41) is 2.90. The molecule has 0 saturated carbocycles. The van der Waals surface area contributed by atoms with Crippen molar-refractivity contribution in [3.05, 3.63) is 120 Å². The van der Waals surface area contributed by atoms with Gasteiger partial charge < -0.3 is 15.0 Å². The van der Waals surface area contributed by atoms with E-state index in [4.69, 9.17) is 4.74 Å². The summed E-state index contributed by atoms with van der Waals surface area (Å²) >= 11 is 0. The first-order chi connectivity index (χ1) is 19.8. The SMILES string of the molecule is Cc1ccc(NS(=O)(=O)c2ccc(CCC(=O)N3C[C@@H](C(=O)NCc4ccccc4)Oc4ccccc43)cc2)cc1.